The van der Waals surface area contributed by atoms with Gasteiger partial charge in [0.25, 0.3) is 0 Å². The number of hydrogen-bond acceptors (Lipinski definition) is 7. The van der Waals surface area contributed by atoms with Gasteiger partial charge in [0.05, 0.1) is 17.3 Å². The third-order valence-electron chi connectivity index (χ3n) is 4.97. The van der Waals surface area contributed by atoms with Crippen LogP contribution in [0.1, 0.15) is 12.8 Å². The van der Waals surface area contributed by atoms with E-state index in [1.807, 2.05) is 60.0 Å². The number of thiophene rings is 1. The molecule has 1 fully saturated rings. The lowest BCUT2D eigenvalue weighted by molar-refractivity contribution is -0.117. The molecule has 2 aromatic heterocycles. The number of methoxy groups -OCH3 is 1. The first-order chi connectivity index (χ1) is 15.2. The highest BCUT2D eigenvalue weighted by molar-refractivity contribution is 7.17. The van der Waals surface area contributed by atoms with Gasteiger partial charge in [0.2, 0.25) is 11.9 Å². The standard InChI is InChI=1S/C23H21N5O2S/c1-30-18-7-3-6-17(13-18)26-23-27-19-10-11-31-20(19)21(28-23)24-15-4-2-5-16(12-15)25-22(29)14-8-9-14/h2-7,10-14H,8-9H2,1H3,(H,25,29)(H2,24,26,27,28). The number of ether oxygens (including phenoxy) is 1. The van der Waals surface area contributed by atoms with E-state index < -0.39 is 0 Å². The molecule has 1 aliphatic rings. The normalized spacial score (nSPS) is 13.1. The number of anilines is 5. The zero-order valence-corrected chi connectivity index (χ0v) is 17.7. The molecular weight excluding hydrogens is 410 g/mol. The van der Waals surface area contributed by atoms with Crippen LogP contribution in [0.5, 0.6) is 5.75 Å². The summed E-state index contributed by atoms with van der Waals surface area (Å²) in [6.45, 7) is 0. The van der Waals surface area contributed by atoms with Gasteiger partial charge in [0.15, 0.2) is 5.82 Å². The molecule has 4 aromatic rings. The number of nitrogens with zero attached hydrogens (tertiary/aromatic N) is 2. The number of aromatic nitrogens is 2. The summed E-state index contributed by atoms with van der Waals surface area (Å²) >= 11 is 1.58. The quantitative estimate of drug-likeness (QED) is 0.356. The van der Waals surface area contributed by atoms with E-state index in [2.05, 4.69) is 20.9 Å². The van der Waals surface area contributed by atoms with Crippen LogP contribution in [0.25, 0.3) is 10.2 Å². The van der Waals surface area contributed by atoms with Gasteiger partial charge in [-0.2, -0.15) is 4.98 Å². The number of carbonyl (C=O) groups excluding carboxylic acids is 1. The van der Waals surface area contributed by atoms with E-state index in [1.54, 1.807) is 18.4 Å². The highest BCUT2D eigenvalue weighted by Crippen LogP contribution is 2.33. The van der Waals surface area contributed by atoms with Gasteiger partial charge >= 0.3 is 0 Å². The summed E-state index contributed by atoms with van der Waals surface area (Å²) < 4.78 is 6.25. The van der Waals surface area contributed by atoms with Crippen LogP contribution in [0.3, 0.4) is 0 Å². The van der Waals surface area contributed by atoms with E-state index >= 15 is 0 Å². The summed E-state index contributed by atoms with van der Waals surface area (Å²) in [5.74, 6) is 2.19. The maximum atomic E-state index is 12.1. The minimum atomic E-state index is 0.0876. The largest absolute Gasteiger partial charge is 0.497 e. The van der Waals surface area contributed by atoms with E-state index in [1.165, 1.54) is 0 Å². The summed E-state index contributed by atoms with van der Waals surface area (Å²) in [6.07, 6.45) is 1.95. The van der Waals surface area contributed by atoms with Crippen molar-refractivity contribution in [2.75, 3.05) is 23.1 Å². The fraction of sp³-hybridized carbons (Fsp3) is 0.174. The molecule has 1 amide bonds. The topological polar surface area (TPSA) is 88.2 Å². The molecule has 31 heavy (non-hydrogen) atoms. The molecule has 0 atom stereocenters. The van der Waals surface area contributed by atoms with Crippen LogP contribution in [0.4, 0.5) is 28.8 Å². The summed E-state index contributed by atoms with van der Waals surface area (Å²) in [5, 5.41) is 11.6. The van der Waals surface area contributed by atoms with Crippen molar-refractivity contribution in [1.29, 1.82) is 0 Å². The van der Waals surface area contributed by atoms with Crippen LogP contribution in [0.2, 0.25) is 0 Å². The van der Waals surface area contributed by atoms with Crippen molar-refractivity contribution in [1.82, 2.24) is 9.97 Å². The predicted octanol–water partition coefficient (Wildman–Crippen LogP) is 5.54. The molecular formula is C23H21N5O2S. The molecule has 0 saturated heterocycles. The second kappa shape index (κ2) is 8.23. The first-order valence-corrected chi connectivity index (χ1v) is 10.9. The maximum Gasteiger partial charge on any atom is 0.229 e. The van der Waals surface area contributed by atoms with Crippen molar-refractivity contribution >= 4 is 56.3 Å². The van der Waals surface area contributed by atoms with E-state index in [4.69, 9.17) is 9.72 Å². The van der Waals surface area contributed by atoms with Crippen molar-refractivity contribution < 1.29 is 9.53 Å². The average Bonchev–Trinajstić information content (AvgIpc) is 3.52. The molecule has 1 aliphatic carbocycles. The van der Waals surface area contributed by atoms with E-state index in [0.717, 1.165) is 45.9 Å². The highest BCUT2D eigenvalue weighted by atomic mass is 32.1. The highest BCUT2D eigenvalue weighted by Gasteiger charge is 2.29. The lowest BCUT2D eigenvalue weighted by Gasteiger charge is -2.12. The Kier molecular flexibility index (Phi) is 5.13. The minimum Gasteiger partial charge on any atom is -0.497 e. The number of nitrogens with one attached hydrogen (secondary N) is 3. The Labute approximate surface area is 183 Å². The van der Waals surface area contributed by atoms with Gasteiger partial charge in [0, 0.05) is 29.0 Å². The summed E-state index contributed by atoms with van der Waals surface area (Å²) in [7, 11) is 1.64. The fourth-order valence-electron chi connectivity index (χ4n) is 3.24. The summed E-state index contributed by atoms with van der Waals surface area (Å²) in [4.78, 5) is 21.4. The maximum absolute atomic E-state index is 12.1. The van der Waals surface area contributed by atoms with E-state index in [-0.39, 0.29) is 11.8 Å². The Balaban J connectivity index is 1.41. The molecule has 0 aliphatic heterocycles. The number of amides is 1. The second-order valence-electron chi connectivity index (χ2n) is 7.36. The van der Waals surface area contributed by atoms with Crippen molar-refractivity contribution in [3.05, 3.63) is 60.0 Å². The fourth-order valence-corrected chi connectivity index (χ4v) is 4.01. The number of rotatable bonds is 7. The van der Waals surface area contributed by atoms with Gasteiger partial charge < -0.3 is 20.7 Å². The van der Waals surface area contributed by atoms with Crippen LogP contribution in [0, 0.1) is 5.92 Å². The molecule has 1 saturated carbocycles. The molecule has 5 rings (SSSR count). The summed E-state index contributed by atoms with van der Waals surface area (Å²) in [5.41, 5.74) is 3.30. The zero-order chi connectivity index (χ0) is 21.2. The van der Waals surface area contributed by atoms with E-state index in [0.29, 0.717) is 11.8 Å². The molecule has 0 radical (unpaired) electrons. The van der Waals surface area contributed by atoms with Crippen molar-refractivity contribution in [3.63, 3.8) is 0 Å². The Morgan fingerprint density at radius 1 is 1.00 bits per heavy atom. The molecule has 2 aromatic carbocycles. The summed E-state index contributed by atoms with van der Waals surface area (Å²) in [6, 6.07) is 17.2. The molecule has 2 heterocycles. The Morgan fingerprint density at radius 2 is 1.77 bits per heavy atom. The zero-order valence-electron chi connectivity index (χ0n) is 16.9. The number of hydrogen-bond donors (Lipinski definition) is 3. The van der Waals surface area contributed by atoms with Crippen molar-refractivity contribution in [3.8, 4) is 5.75 Å². The van der Waals surface area contributed by atoms with Gasteiger partial charge in [-0.15, -0.1) is 11.3 Å². The second-order valence-corrected chi connectivity index (χ2v) is 8.27. The van der Waals surface area contributed by atoms with Crippen LogP contribution in [-0.4, -0.2) is 23.0 Å². The average molecular weight is 432 g/mol. The molecule has 3 N–H and O–H groups in total. The Bertz CT molecular complexity index is 1250. The lowest BCUT2D eigenvalue weighted by Crippen LogP contribution is -2.13. The monoisotopic (exact) mass is 431 g/mol. The first kappa shape index (κ1) is 19.3. The molecule has 0 bridgehead atoms. The first-order valence-electron chi connectivity index (χ1n) is 10.0. The number of fused-ring (bicyclic) bond motifs is 1. The molecule has 7 nitrogen and oxygen atoms in total. The third-order valence-corrected chi connectivity index (χ3v) is 5.88. The van der Waals surface area contributed by atoms with Gasteiger partial charge in [-0.25, -0.2) is 4.98 Å². The minimum absolute atomic E-state index is 0.0876. The SMILES string of the molecule is COc1cccc(Nc2nc(Nc3cccc(NC(=O)C4CC4)c3)c3sccc3n2)c1. The van der Waals surface area contributed by atoms with Crippen molar-refractivity contribution in [2.24, 2.45) is 5.92 Å². The molecule has 0 unspecified atom stereocenters. The Hall–Kier alpha value is -3.65. The predicted molar refractivity (Wildman–Crippen MR) is 125 cm³/mol. The molecule has 156 valence electrons. The van der Waals surface area contributed by atoms with Gasteiger partial charge in [-0.1, -0.05) is 12.1 Å². The van der Waals surface area contributed by atoms with E-state index in [9.17, 15) is 4.79 Å². The van der Waals surface area contributed by atoms with Gasteiger partial charge in [0.1, 0.15) is 5.75 Å². The van der Waals surface area contributed by atoms with Gasteiger partial charge in [-0.05, 0) is 54.6 Å². The van der Waals surface area contributed by atoms with Crippen molar-refractivity contribution in [2.45, 2.75) is 12.8 Å². The Morgan fingerprint density at radius 3 is 2.58 bits per heavy atom. The van der Waals surface area contributed by atoms with Crippen LogP contribution < -0.4 is 20.7 Å². The number of benzene rings is 2. The lowest BCUT2D eigenvalue weighted by atomic mass is 10.2. The van der Waals surface area contributed by atoms with Gasteiger partial charge in [-0.3, -0.25) is 4.79 Å². The van der Waals surface area contributed by atoms with Crippen LogP contribution in [-0.2, 0) is 4.79 Å². The third kappa shape index (κ3) is 4.44. The van der Waals surface area contributed by atoms with Crippen LogP contribution >= 0.6 is 11.3 Å². The smallest absolute Gasteiger partial charge is 0.229 e. The number of carbonyl (C=O) groups is 1. The van der Waals surface area contributed by atoms with Crippen LogP contribution in [0.15, 0.2) is 60.0 Å². The molecule has 8 heteroatoms. The molecule has 0 spiro atoms.